The fourth-order valence-corrected chi connectivity index (χ4v) is 1.93. The Bertz CT molecular complexity index is 508. The van der Waals surface area contributed by atoms with E-state index >= 15 is 0 Å². The van der Waals surface area contributed by atoms with Crippen molar-refractivity contribution in [2.75, 3.05) is 12.3 Å². The number of anilines is 1. The summed E-state index contributed by atoms with van der Waals surface area (Å²) in [5.74, 6) is 1.27. The molecule has 0 aliphatic carbocycles. The van der Waals surface area contributed by atoms with Gasteiger partial charge in [0.25, 0.3) is 0 Å². The van der Waals surface area contributed by atoms with Gasteiger partial charge in [0, 0.05) is 17.4 Å². The van der Waals surface area contributed by atoms with Crippen LogP contribution in [0, 0.1) is 0 Å². The summed E-state index contributed by atoms with van der Waals surface area (Å²) >= 11 is 0. The highest BCUT2D eigenvalue weighted by molar-refractivity contribution is 5.94. The van der Waals surface area contributed by atoms with Crippen LogP contribution in [0.3, 0.4) is 0 Å². The number of rotatable bonds is 0. The zero-order valence-electron chi connectivity index (χ0n) is 7.66. The monoisotopic (exact) mass is 186 g/mol. The number of hydrogen-bond donors (Lipinski definition) is 1. The van der Waals surface area contributed by atoms with Crippen LogP contribution in [0.25, 0.3) is 10.8 Å². The molecule has 1 aromatic carbocycles. The Morgan fingerprint density at radius 3 is 2.86 bits per heavy atom. The number of aromatic nitrogens is 1. The van der Waals surface area contributed by atoms with Gasteiger partial charge in [-0.15, -0.1) is 0 Å². The van der Waals surface area contributed by atoms with Crippen molar-refractivity contribution < 1.29 is 4.74 Å². The topological polar surface area (TPSA) is 48.1 Å². The second kappa shape index (κ2) is 2.61. The molecule has 0 unspecified atom stereocenters. The number of nitrogens with two attached hydrogens (primary N) is 1. The van der Waals surface area contributed by atoms with Crippen LogP contribution >= 0.6 is 0 Å². The number of ether oxygens (including phenoxy) is 1. The van der Waals surface area contributed by atoms with Gasteiger partial charge in [0.15, 0.2) is 0 Å². The molecule has 0 amide bonds. The first kappa shape index (κ1) is 7.62. The lowest BCUT2D eigenvalue weighted by atomic mass is 10.1. The quantitative estimate of drug-likeness (QED) is 0.681. The molecule has 2 N–H and O–H groups in total. The number of pyridine rings is 1. The lowest BCUT2D eigenvalue weighted by molar-refractivity contribution is 0.345. The van der Waals surface area contributed by atoms with Gasteiger partial charge in [-0.3, -0.25) is 0 Å². The van der Waals surface area contributed by atoms with E-state index in [2.05, 4.69) is 11.1 Å². The number of fused-ring (bicyclic) bond motifs is 3. The summed E-state index contributed by atoms with van der Waals surface area (Å²) in [5.41, 5.74) is 7.03. The summed E-state index contributed by atoms with van der Waals surface area (Å²) in [6.45, 7) is 0.718. The molecule has 0 saturated carbocycles. The van der Waals surface area contributed by atoms with E-state index in [1.807, 2.05) is 18.2 Å². The molecular formula is C11H10N2O. The van der Waals surface area contributed by atoms with Crippen molar-refractivity contribution >= 4 is 16.6 Å². The van der Waals surface area contributed by atoms with E-state index in [1.54, 1.807) is 0 Å². The Morgan fingerprint density at radius 1 is 1.21 bits per heavy atom. The van der Waals surface area contributed by atoms with Crippen LogP contribution in [0.1, 0.15) is 5.56 Å². The van der Waals surface area contributed by atoms with Gasteiger partial charge >= 0.3 is 0 Å². The average Bonchev–Trinajstić information content (AvgIpc) is 2.66. The zero-order valence-corrected chi connectivity index (χ0v) is 7.66. The van der Waals surface area contributed by atoms with Gasteiger partial charge in [-0.1, -0.05) is 24.3 Å². The van der Waals surface area contributed by atoms with Crippen molar-refractivity contribution in [1.29, 1.82) is 0 Å². The second-order valence-corrected chi connectivity index (χ2v) is 3.42. The fraction of sp³-hybridized carbons (Fsp3) is 0.182. The van der Waals surface area contributed by atoms with Crippen molar-refractivity contribution in [2.24, 2.45) is 0 Å². The van der Waals surface area contributed by atoms with Crippen molar-refractivity contribution in [3.8, 4) is 5.88 Å². The van der Waals surface area contributed by atoms with E-state index in [0.717, 1.165) is 18.4 Å². The van der Waals surface area contributed by atoms with Gasteiger partial charge in [-0.25, -0.2) is 0 Å². The summed E-state index contributed by atoms with van der Waals surface area (Å²) in [4.78, 5) is 4.24. The Hall–Kier alpha value is -1.77. The molecule has 0 spiro atoms. The predicted octanol–water partition coefficient (Wildman–Crippen LogP) is 1.75. The minimum absolute atomic E-state index is 0.557. The molecule has 0 saturated heterocycles. The number of nitrogen functional groups attached to an aromatic ring is 1. The minimum Gasteiger partial charge on any atom is -0.477 e. The second-order valence-electron chi connectivity index (χ2n) is 3.42. The molecular weight excluding hydrogens is 176 g/mol. The van der Waals surface area contributed by atoms with E-state index < -0.39 is 0 Å². The lowest BCUT2D eigenvalue weighted by Gasteiger charge is -2.05. The van der Waals surface area contributed by atoms with Crippen molar-refractivity contribution in [1.82, 2.24) is 4.98 Å². The van der Waals surface area contributed by atoms with Gasteiger partial charge in [0.2, 0.25) is 5.88 Å². The van der Waals surface area contributed by atoms with Crippen LogP contribution in [0.2, 0.25) is 0 Å². The first-order chi connectivity index (χ1) is 6.86. The van der Waals surface area contributed by atoms with Crippen molar-refractivity contribution in [3.05, 3.63) is 29.8 Å². The Morgan fingerprint density at radius 2 is 2.00 bits per heavy atom. The van der Waals surface area contributed by atoms with Gasteiger partial charge in [0.1, 0.15) is 5.82 Å². The first-order valence-corrected chi connectivity index (χ1v) is 4.66. The third kappa shape index (κ3) is 0.894. The van der Waals surface area contributed by atoms with Crippen LogP contribution < -0.4 is 10.5 Å². The SMILES string of the molecule is Nc1nc2c(c3ccccc13)CCO2. The van der Waals surface area contributed by atoms with E-state index in [4.69, 9.17) is 10.5 Å². The molecule has 3 heteroatoms. The molecule has 0 atom stereocenters. The number of hydrogen-bond acceptors (Lipinski definition) is 3. The highest BCUT2D eigenvalue weighted by Crippen LogP contribution is 2.33. The molecule has 0 radical (unpaired) electrons. The molecule has 1 aliphatic heterocycles. The summed E-state index contributed by atoms with van der Waals surface area (Å²) in [6, 6.07) is 8.06. The molecule has 14 heavy (non-hydrogen) atoms. The summed E-state index contributed by atoms with van der Waals surface area (Å²) < 4.78 is 5.40. The van der Waals surface area contributed by atoms with Crippen LogP contribution in [0.5, 0.6) is 5.88 Å². The summed E-state index contributed by atoms with van der Waals surface area (Å²) in [7, 11) is 0. The van der Waals surface area contributed by atoms with Crippen LogP contribution in [0.4, 0.5) is 5.82 Å². The number of benzene rings is 1. The molecule has 3 nitrogen and oxygen atoms in total. The molecule has 0 bridgehead atoms. The average molecular weight is 186 g/mol. The van der Waals surface area contributed by atoms with Gasteiger partial charge in [-0.2, -0.15) is 4.98 Å². The molecule has 70 valence electrons. The highest BCUT2D eigenvalue weighted by atomic mass is 16.5. The minimum atomic E-state index is 0.557. The lowest BCUT2D eigenvalue weighted by Crippen LogP contribution is -1.95. The molecule has 1 aliphatic rings. The largest absolute Gasteiger partial charge is 0.477 e. The van der Waals surface area contributed by atoms with Crippen LogP contribution in [0.15, 0.2) is 24.3 Å². The third-order valence-corrected chi connectivity index (χ3v) is 2.60. The molecule has 1 aromatic heterocycles. The van der Waals surface area contributed by atoms with Crippen LogP contribution in [-0.2, 0) is 6.42 Å². The molecule has 2 heterocycles. The first-order valence-electron chi connectivity index (χ1n) is 4.66. The molecule has 3 rings (SSSR count). The van der Waals surface area contributed by atoms with Crippen molar-refractivity contribution in [3.63, 3.8) is 0 Å². The maximum atomic E-state index is 5.84. The van der Waals surface area contributed by atoms with Gasteiger partial charge in [-0.05, 0) is 5.39 Å². The standard InChI is InChI=1S/C11H10N2O/c12-10-8-4-2-1-3-7(8)9-5-6-14-11(9)13-10/h1-4H,5-6H2,(H2,12,13). The Balaban J connectivity index is 2.47. The summed E-state index contributed by atoms with van der Waals surface area (Å²) in [6.07, 6.45) is 0.934. The van der Waals surface area contributed by atoms with E-state index in [9.17, 15) is 0 Å². The molecule has 2 aromatic rings. The van der Waals surface area contributed by atoms with Crippen LogP contribution in [-0.4, -0.2) is 11.6 Å². The smallest absolute Gasteiger partial charge is 0.219 e. The Kier molecular flexibility index (Phi) is 1.42. The maximum absolute atomic E-state index is 5.84. The maximum Gasteiger partial charge on any atom is 0.219 e. The fourth-order valence-electron chi connectivity index (χ4n) is 1.93. The zero-order chi connectivity index (χ0) is 9.54. The normalized spacial score (nSPS) is 14.0. The van der Waals surface area contributed by atoms with Gasteiger partial charge < -0.3 is 10.5 Å². The predicted molar refractivity (Wildman–Crippen MR) is 55.4 cm³/mol. The van der Waals surface area contributed by atoms with Gasteiger partial charge in [0.05, 0.1) is 6.61 Å². The van der Waals surface area contributed by atoms with E-state index in [1.165, 1.54) is 10.9 Å². The summed E-state index contributed by atoms with van der Waals surface area (Å²) in [5, 5.41) is 2.20. The third-order valence-electron chi connectivity index (χ3n) is 2.60. The highest BCUT2D eigenvalue weighted by Gasteiger charge is 2.18. The van der Waals surface area contributed by atoms with E-state index in [-0.39, 0.29) is 0 Å². The van der Waals surface area contributed by atoms with E-state index in [0.29, 0.717) is 11.7 Å². The Labute approximate surface area is 81.5 Å². The molecule has 0 fully saturated rings. The van der Waals surface area contributed by atoms with Crippen molar-refractivity contribution in [2.45, 2.75) is 6.42 Å². The number of nitrogens with zero attached hydrogens (tertiary/aromatic N) is 1.